The van der Waals surface area contributed by atoms with Gasteiger partial charge in [-0.15, -0.1) is 0 Å². The Hall–Kier alpha value is -2.67. The van der Waals surface area contributed by atoms with Crippen molar-refractivity contribution in [1.82, 2.24) is 10.2 Å². The lowest BCUT2D eigenvalue weighted by Crippen LogP contribution is -2.52. The third-order valence-electron chi connectivity index (χ3n) is 4.84. The molecule has 0 radical (unpaired) electrons. The lowest BCUT2D eigenvalue weighted by molar-refractivity contribution is 0.181. The van der Waals surface area contributed by atoms with E-state index in [4.69, 9.17) is 4.74 Å². The molecule has 0 unspecified atom stereocenters. The van der Waals surface area contributed by atoms with Crippen molar-refractivity contribution in [2.24, 2.45) is 4.99 Å². The minimum absolute atomic E-state index is 0.193. The summed E-state index contributed by atoms with van der Waals surface area (Å²) in [6.07, 6.45) is 0. The summed E-state index contributed by atoms with van der Waals surface area (Å²) in [6.45, 7) is 3.70. The molecule has 2 aromatic rings. The summed E-state index contributed by atoms with van der Waals surface area (Å²) in [5, 5.41) is 3.33. The van der Waals surface area contributed by atoms with Gasteiger partial charge in [0.25, 0.3) is 0 Å². The first-order valence-electron chi connectivity index (χ1n) is 9.33. The Balaban J connectivity index is 1.57. The lowest BCUT2D eigenvalue weighted by atomic mass is 10.1. The molecule has 150 valence electrons. The molecule has 1 N–H and O–H groups in total. The van der Waals surface area contributed by atoms with Gasteiger partial charge >= 0.3 is 0 Å². The van der Waals surface area contributed by atoms with Crippen molar-refractivity contribution >= 4 is 11.6 Å². The first kappa shape index (κ1) is 20.1. The highest BCUT2D eigenvalue weighted by molar-refractivity contribution is 5.80. The number of hydrogen-bond acceptors (Lipinski definition) is 3. The third kappa shape index (κ3) is 4.78. The Morgan fingerprint density at radius 3 is 2.50 bits per heavy atom. The summed E-state index contributed by atoms with van der Waals surface area (Å²) in [7, 11) is 3.29. The van der Waals surface area contributed by atoms with E-state index in [9.17, 15) is 8.78 Å². The highest BCUT2D eigenvalue weighted by Gasteiger charge is 2.21. The van der Waals surface area contributed by atoms with Gasteiger partial charge in [-0.2, -0.15) is 0 Å². The van der Waals surface area contributed by atoms with Gasteiger partial charge in [-0.3, -0.25) is 4.99 Å². The molecule has 0 saturated carbocycles. The maximum atomic E-state index is 14.0. The molecule has 0 aliphatic carbocycles. The van der Waals surface area contributed by atoms with E-state index in [1.165, 1.54) is 12.1 Å². The zero-order chi connectivity index (χ0) is 19.9. The fourth-order valence-electron chi connectivity index (χ4n) is 3.38. The minimum atomic E-state index is -0.265. The second-order valence-electron chi connectivity index (χ2n) is 6.69. The van der Waals surface area contributed by atoms with Crippen molar-refractivity contribution in [2.45, 2.75) is 13.2 Å². The topological polar surface area (TPSA) is 40.1 Å². The Morgan fingerprint density at radius 1 is 1.07 bits per heavy atom. The molecule has 7 heteroatoms. The molecule has 1 saturated heterocycles. The fraction of sp³-hybridized carbons (Fsp3) is 0.381. The van der Waals surface area contributed by atoms with Crippen LogP contribution in [0.3, 0.4) is 0 Å². The Bertz CT molecular complexity index is 820. The van der Waals surface area contributed by atoms with E-state index in [-0.39, 0.29) is 18.2 Å². The first-order chi connectivity index (χ1) is 13.6. The molecule has 3 rings (SSSR count). The SMILES string of the molecule is CN=C(NCc1ccc(F)c(COC)c1)N1CCN(c2ccccc2F)CC1. The van der Waals surface area contributed by atoms with Crippen LogP contribution < -0.4 is 10.2 Å². The van der Waals surface area contributed by atoms with Crippen molar-refractivity contribution in [1.29, 1.82) is 0 Å². The van der Waals surface area contributed by atoms with Crippen molar-refractivity contribution in [2.75, 3.05) is 45.2 Å². The van der Waals surface area contributed by atoms with E-state index in [0.717, 1.165) is 37.7 Å². The number of nitrogens with zero attached hydrogens (tertiary/aromatic N) is 3. The van der Waals surface area contributed by atoms with Gasteiger partial charge in [0.1, 0.15) is 11.6 Å². The van der Waals surface area contributed by atoms with Gasteiger partial charge in [0.15, 0.2) is 5.96 Å². The normalized spacial score (nSPS) is 15.1. The summed E-state index contributed by atoms with van der Waals surface area (Å²) >= 11 is 0. The molecular weight excluding hydrogens is 362 g/mol. The number of hydrogen-bond donors (Lipinski definition) is 1. The maximum absolute atomic E-state index is 14.0. The number of methoxy groups -OCH3 is 1. The molecule has 0 spiro atoms. The number of benzene rings is 2. The molecule has 0 aromatic heterocycles. The van der Waals surface area contributed by atoms with Crippen LogP contribution in [0.2, 0.25) is 0 Å². The van der Waals surface area contributed by atoms with Crippen LogP contribution in [0.1, 0.15) is 11.1 Å². The van der Waals surface area contributed by atoms with Crippen LogP contribution in [0, 0.1) is 11.6 Å². The molecule has 0 bridgehead atoms. The van der Waals surface area contributed by atoms with Crippen LogP contribution in [-0.4, -0.2) is 51.2 Å². The second kappa shape index (κ2) is 9.50. The summed E-state index contributed by atoms with van der Waals surface area (Å²) in [4.78, 5) is 8.56. The van der Waals surface area contributed by atoms with Gasteiger partial charge in [0, 0.05) is 52.4 Å². The number of rotatable bonds is 5. The van der Waals surface area contributed by atoms with Crippen molar-refractivity contribution in [3.05, 3.63) is 65.2 Å². The molecule has 1 aliphatic heterocycles. The van der Waals surface area contributed by atoms with E-state index in [0.29, 0.717) is 17.8 Å². The predicted molar refractivity (Wildman–Crippen MR) is 107 cm³/mol. The molecule has 1 heterocycles. The van der Waals surface area contributed by atoms with Crippen LogP contribution in [0.15, 0.2) is 47.5 Å². The molecule has 1 fully saturated rings. The quantitative estimate of drug-likeness (QED) is 0.632. The molecule has 28 heavy (non-hydrogen) atoms. The monoisotopic (exact) mass is 388 g/mol. The van der Waals surface area contributed by atoms with E-state index >= 15 is 0 Å². The lowest BCUT2D eigenvalue weighted by Gasteiger charge is -2.37. The van der Waals surface area contributed by atoms with E-state index in [1.807, 2.05) is 12.1 Å². The van der Waals surface area contributed by atoms with Crippen LogP contribution in [-0.2, 0) is 17.9 Å². The Kier molecular flexibility index (Phi) is 6.81. The number of guanidine groups is 1. The molecule has 0 atom stereocenters. The van der Waals surface area contributed by atoms with E-state index < -0.39 is 0 Å². The third-order valence-corrected chi connectivity index (χ3v) is 4.84. The molecule has 5 nitrogen and oxygen atoms in total. The zero-order valence-electron chi connectivity index (χ0n) is 16.3. The number of halogens is 2. The smallest absolute Gasteiger partial charge is 0.194 e. The highest BCUT2D eigenvalue weighted by atomic mass is 19.1. The van der Waals surface area contributed by atoms with Gasteiger partial charge in [0.05, 0.1) is 12.3 Å². The number of nitrogens with one attached hydrogen (secondary N) is 1. The molecule has 0 amide bonds. The summed E-state index contributed by atoms with van der Waals surface area (Å²) in [5.74, 6) is 0.326. The van der Waals surface area contributed by atoms with Gasteiger partial charge < -0.3 is 19.9 Å². The van der Waals surface area contributed by atoms with E-state index in [1.54, 1.807) is 32.4 Å². The Morgan fingerprint density at radius 2 is 1.82 bits per heavy atom. The molecule has 1 aliphatic rings. The molecule has 2 aromatic carbocycles. The van der Waals surface area contributed by atoms with Crippen LogP contribution in [0.5, 0.6) is 0 Å². The number of piperazine rings is 1. The number of ether oxygens (including phenoxy) is 1. The number of para-hydroxylation sites is 1. The largest absolute Gasteiger partial charge is 0.380 e. The van der Waals surface area contributed by atoms with Gasteiger partial charge in [-0.1, -0.05) is 18.2 Å². The molecular formula is C21H26F2N4O. The van der Waals surface area contributed by atoms with Crippen LogP contribution in [0.4, 0.5) is 14.5 Å². The van der Waals surface area contributed by atoms with Crippen molar-refractivity contribution in [3.63, 3.8) is 0 Å². The highest BCUT2D eigenvalue weighted by Crippen LogP contribution is 2.20. The van der Waals surface area contributed by atoms with Crippen LogP contribution in [0.25, 0.3) is 0 Å². The summed E-state index contributed by atoms with van der Waals surface area (Å²) in [5.41, 5.74) is 2.14. The van der Waals surface area contributed by atoms with Gasteiger partial charge in [0.2, 0.25) is 0 Å². The van der Waals surface area contributed by atoms with Gasteiger partial charge in [-0.05, 0) is 29.8 Å². The second-order valence-corrected chi connectivity index (χ2v) is 6.69. The predicted octanol–water partition coefficient (Wildman–Crippen LogP) is 3.01. The first-order valence-corrected chi connectivity index (χ1v) is 9.33. The minimum Gasteiger partial charge on any atom is -0.380 e. The maximum Gasteiger partial charge on any atom is 0.194 e. The van der Waals surface area contributed by atoms with Crippen molar-refractivity contribution < 1.29 is 13.5 Å². The standard InChI is InChI=1S/C21H26F2N4O/c1-24-21(25-14-16-7-8-18(22)17(13-16)15-28-2)27-11-9-26(10-12-27)20-6-4-3-5-19(20)23/h3-8,13H,9-12,14-15H2,1-2H3,(H,24,25). The summed E-state index contributed by atoms with van der Waals surface area (Å²) < 4.78 is 32.8. The van der Waals surface area contributed by atoms with Gasteiger partial charge in [-0.25, -0.2) is 8.78 Å². The van der Waals surface area contributed by atoms with Crippen molar-refractivity contribution in [3.8, 4) is 0 Å². The number of anilines is 1. The average molecular weight is 388 g/mol. The zero-order valence-corrected chi connectivity index (χ0v) is 16.3. The fourth-order valence-corrected chi connectivity index (χ4v) is 3.38. The van der Waals surface area contributed by atoms with Crippen LogP contribution >= 0.6 is 0 Å². The van der Waals surface area contributed by atoms with E-state index in [2.05, 4.69) is 20.1 Å². The number of aliphatic imine (C=N–C) groups is 1. The Labute approximate surface area is 164 Å². The average Bonchev–Trinajstić information content (AvgIpc) is 2.72. The summed E-state index contributed by atoms with van der Waals surface area (Å²) in [6, 6.07) is 11.9.